The second-order valence-corrected chi connectivity index (χ2v) is 11.4. The Morgan fingerprint density at radius 1 is 1.06 bits per heavy atom. The highest BCUT2D eigenvalue weighted by molar-refractivity contribution is 7.89. The molecule has 0 spiro atoms. The van der Waals surface area contributed by atoms with Gasteiger partial charge in [-0.3, -0.25) is 14.2 Å². The van der Waals surface area contributed by atoms with Gasteiger partial charge in [0.25, 0.3) is 5.56 Å². The summed E-state index contributed by atoms with van der Waals surface area (Å²) in [4.78, 5) is 35.3. The lowest BCUT2D eigenvalue weighted by Gasteiger charge is -2.31. The van der Waals surface area contributed by atoms with Crippen molar-refractivity contribution in [3.05, 3.63) is 21.6 Å². The van der Waals surface area contributed by atoms with Crippen molar-refractivity contribution in [3.8, 4) is 0 Å². The number of carbonyl (C=O) groups excluding carboxylic acids is 1. The summed E-state index contributed by atoms with van der Waals surface area (Å²) in [6.45, 7) is 5.05. The zero-order valence-electron chi connectivity index (χ0n) is 18.0. The molecule has 0 N–H and O–H groups in total. The van der Waals surface area contributed by atoms with Crippen molar-refractivity contribution in [2.75, 3.05) is 46.3 Å². The van der Waals surface area contributed by atoms with Crippen molar-refractivity contribution < 1.29 is 13.2 Å². The summed E-state index contributed by atoms with van der Waals surface area (Å²) in [7, 11) is -1.87. The van der Waals surface area contributed by atoms with Gasteiger partial charge in [-0.05, 0) is 26.8 Å². The Labute approximate surface area is 186 Å². The average Bonchev–Trinajstić information content (AvgIpc) is 2.90. The largest absolute Gasteiger partial charge is 0.341 e. The minimum Gasteiger partial charge on any atom is -0.341 e. The number of aromatic nitrogens is 2. The van der Waals surface area contributed by atoms with Crippen LogP contribution in [0, 0.1) is 6.92 Å². The molecule has 0 saturated carbocycles. The van der Waals surface area contributed by atoms with Gasteiger partial charge in [-0.25, -0.2) is 13.4 Å². The Hall–Kier alpha value is -1.82. The number of aryl methyl sites for hydroxylation is 1. The van der Waals surface area contributed by atoms with Crippen LogP contribution in [0.2, 0.25) is 0 Å². The Kier molecular flexibility index (Phi) is 6.47. The maximum Gasteiger partial charge on any atom is 0.263 e. The maximum absolute atomic E-state index is 13.4. The zero-order chi connectivity index (χ0) is 22.2. The molecule has 0 radical (unpaired) electrons. The van der Waals surface area contributed by atoms with Gasteiger partial charge >= 0.3 is 0 Å². The van der Waals surface area contributed by atoms with Gasteiger partial charge < -0.3 is 9.80 Å². The van der Waals surface area contributed by atoms with Crippen LogP contribution in [0.4, 0.5) is 0 Å². The van der Waals surface area contributed by atoms with E-state index in [1.807, 2.05) is 7.05 Å². The molecule has 4 heterocycles. The van der Waals surface area contributed by atoms with Gasteiger partial charge in [0, 0.05) is 44.1 Å². The van der Waals surface area contributed by atoms with Crippen molar-refractivity contribution in [1.82, 2.24) is 23.7 Å². The quantitative estimate of drug-likeness (QED) is 0.668. The van der Waals surface area contributed by atoms with E-state index in [1.54, 1.807) is 11.8 Å². The van der Waals surface area contributed by atoms with Gasteiger partial charge in [-0.1, -0.05) is 12.8 Å². The van der Waals surface area contributed by atoms with E-state index < -0.39 is 15.6 Å². The van der Waals surface area contributed by atoms with Crippen LogP contribution >= 0.6 is 11.3 Å². The standard InChI is InChI=1S/C20H29N5O4S2/c1-15-18(31(28,29)25-11-9-22(2)10-12-25)17-19(30-15)21-14-24(20(17)27)13-16(26)23-7-5-3-4-6-8-23/h14H,3-13H2,1-2H3. The van der Waals surface area contributed by atoms with E-state index in [1.165, 1.54) is 26.5 Å². The van der Waals surface area contributed by atoms with Crippen LogP contribution in [0.15, 0.2) is 16.0 Å². The van der Waals surface area contributed by atoms with Gasteiger partial charge in [0.15, 0.2) is 0 Å². The number of fused-ring (bicyclic) bond motifs is 1. The molecule has 170 valence electrons. The Morgan fingerprint density at radius 3 is 2.35 bits per heavy atom. The maximum atomic E-state index is 13.4. The molecule has 0 atom stereocenters. The third kappa shape index (κ3) is 4.41. The molecule has 0 aliphatic carbocycles. The van der Waals surface area contributed by atoms with E-state index in [2.05, 4.69) is 9.88 Å². The molecule has 1 amide bonds. The second-order valence-electron chi connectivity index (χ2n) is 8.35. The Bertz CT molecular complexity index is 1120. The third-order valence-corrected chi connectivity index (χ3v) is 9.34. The Morgan fingerprint density at radius 2 is 1.71 bits per heavy atom. The van der Waals surface area contributed by atoms with Gasteiger partial charge in [-0.15, -0.1) is 11.3 Å². The summed E-state index contributed by atoms with van der Waals surface area (Å²) in [5.41, 5.74) is -0.467. The number of thiophene rings is 1. The number of rotatable bonds is 4. The summed E-state index contributed by atoms with van der Waals surface area (Å²) in [5.74, 6) is -0.124. The van der Waals surface area contributed by atoms with Gasteiger partial charge in [0.05, 0.1) is 11.7 Å². The normalized spacial score (nSPS) is 19.6. The lowest BCUT2D eigenvalue weighted by molar-refractivity contribution is -0.131. The summed E-state index contributed by atoms with van der Waals surface area (Å²) in [5, 5.41) is 0.104. The van der Waals surface area contributed by atoms with Crippen molar-refractivity contribution in [2.24, 2.45) is 0 Å². The number of nitrogens with zero attached hydrogens (tertiary/aromatic N) is 5. The van der Waals surface area contributed by atoms with E-state index in [0.717, 1.165) is 25.7 Å². The Balaban J connectivity index is 1.69. The summed E-state index contributed by atoms with van der Waals surface area (Å²) >= 11 is 1.21. The molecule has 9 nitrogen and oxygen atoms in total. The van der Waals surface area contributed by atoms with Crippen LogP contribution in [-0.4, -0.2) is 84.3 Å². The molecule has 31 heavy (non-hydrogen) atoms. The monoisotopic (exact) mass is 467 g/mol. The number of hydrogen-bond acceptors (Lipinski definition) is 7. The fourth-order valence-corrected chi connectivity index (χ4v) is 7.35. The van der Waals surface area contributed by atoms with Crippen molar-refractivity contribution in [2.45, 2.75) is 44.0 Å². The highest BCUT2D eigenvalue weighted by Crippen LogP contribution is 2.33. The van der Waals surface area contributed by atoms with Crippen molar-refractivity contribution in [1.29, 1.82) is 0 Å². The predicted molar refractivity (Wildman–Crippen MR) is 120 cm³/mol. The van der Waals surface area contributed by atoms with Crippen LogP contribution in [0.3, 0.4) is 0 Å². The molecule has 2 aromatic rings. The first-order valence-corrected chi connectivity index (χ1v) is 13.0. The lowest BCUT2D eigenvalue weighted by atomic mass is 10.2. The average molecular weight is 468 g/mol. The molecule has 0 aromatic carbocycles. The minimum absolute atomic E-state index is 0.0473. The molecule has 2 aromatic heterocycles. The highest BCUT2D eigenvalue weighted by atomic mass is 32.2. The van der Waals surface area contributed by atoms with Crippen molar-refractivity contribution >= 4 is 37.5 Å². The van der Waals surface area contributed by atoms with Crippen molar-refractivity contribution in [3.63, 3.8) is 0 Å². The molecular weight excluding hydrogens is 438 g/mol. The molecule has 2 fully saturated rings. The predicted octanol–water partition coefficient (Wildman–Crippen LogP) is 1.11. The number of likely N-dealkylation sites (tertiary alicyclic amines) is 1. The van der Waals surface area contributed by atoms with Gasteiger partial charge in [0.1, 0.15) is 16.3 Å². The first kappa shape index (κ1) is 22.4. The number of piperazine rings is 1. The molecule has 4 rings (SSSR count). The molecule has 0 unspecified atom stereocenters. The number of hydrogen-bond donors (Lipinski definition) is 0. The summed E-state index contributed by atoms with van der Waals surface area (Å²) < 4.78 is 29.5. The van der Waals surface area contributed by atoms with Gasteiger partial charge in [0.2, 0.25) is 15.9 Å². The topological polar surface area (TPSA) is 95.8 Å². The fraction of sp³-hybridized carbons (Fsp3) is 0.650. The highest BCUT2D eigenvalue weighted by Gasteiger charge is 2.33. The fourth-order valence-electron chi connectivity index (χ4n) is 4.26. The zero-order valence-corrected chi connectivity index (χ0v) is 19.7. The van der Waals surface area contributed by atoms with E-state index in [4.69, 9.17) is 0 Å². The smallest absolute Gasteiger partial charge is 0.263 e. The molecular formula is C20H29N5O4S2. The second kappa shape index (κ2) is 8.97. The molecule has 11 heteroatoms. The number of sulfonamides is 1. The molecule has 0 bridgehead atoms. The van der Waals surface area contributed by atoms with Crippen LogP contribution in [0.25, 0.3) is 10.2 Å². The first-order valence-electron chi connectivity index (χ1n) is 10.7. The van der Waals surface area contributed by atoms with E-state index in [-0.39, 0.29) is 22.7 Å². The molecule has 2 aliphatic heterocycles. The SMILES string of the molecule is Cc1sc2ncn(CC(=O)N3CCCCCC3)c(=O)c2c1S(=O)(=O)N1CCN(C)CC1. The van der Waals surface area contributed by atoms with Crippen LogP contribution in [0.1, 0.15) is 30.6 Å². The number of likely N-dealkylation sites (N-methyl/N-ethyl adjacent to an activating group) is 1. The van der Waals surface area contributed by atoms with Crippen LogP contribution in [0.5, 0.6) is 0 Å². The summed E-state index contributed by atoms with van der Waals surface area (Å²) in [6, 6.07) is 0. The number of amides is 1. The van der Waals surface area contributed by atoms with Crippen LogP contribution in [-0.2, 0) is 21.4 Å². The van der Waals surface area contributed by atoms with E-state index in [9.17, 15) is 18.0 Å². The first-order chi connectivity index (χ1) is 14.8. The van der Waals surface area contributed by atoms with E-state index >= 15 is 0 Å². The lowest BCUT2D eigenvalue weighted by Crippen LogP contribution is -2.47. The third-order valence-electron chi connectivity index (χ3n) is 6.12. The molecule has 2 aliphatic rings. The molecule has 2 saturated heterocycles. The minimum atomic E-state index is -3.82. The number of carbonyl (C=O) groups is 1. The van der Waals surface area contributed by atoms with Gasteiger partial charge in [-0.2, -0.15) is 4.31 Å². The summed E-state index contributed by atoms with van der Waals surface area (Å²) in [6.07, 6.45) is 5.52. The van der Waals surface area contributed by atoms with Crippen LogP contribution < -0.4 is 5.56 Å². The van der Waals surface area contributed by atoms with E-state index in [0.29, 0.717) is 49.0 Å².